The van der Waals surface area contributed by atoms with E-state index in [4.69, 9.17) is 4.74 Å². The van der Waals surface area contributed by atoms with Crippen molar-refractivity contribution in [2.75, 3.05) is 7.11 Å². The lowest BCUT2D eigenvalue weighted by Crippen LogP contribution is -2.31. The highest BCUT2D eigenvalue weighted by Crippen LogP contribution is 2.31. The van der Waals surface area contributed by atoms with Crippen molar-refractivity contribution in [2.24, 2.45) is 10.2 Å². The van der Waals surface area contributed by atoms with E-state index >= 15 is 0 Å². The topological polar surface area (TPSA) is 54.3 Å². The summed E-state index contributed by atoms with van der Waals surface area (Å²) in [4.78, 5) is 14.5. The molecule has 0 N–H and O–H groups in total. The number of thioether (sulfide) groups is 1. The maximum Gasteiger partial charge on any atom is 0.242 e. The molecule has 3 rings (SSSR count). The van der Waals surface area contributed by atoms with Crippen LogP contribution < -0.4 is 4.74 Å². The number of methoxy groups -OCH3 is 1. The van der Waals surface area contributed by atoms with E-state index in [1.165, 1.54) is 11.8 Å². The van der Waals surface area contributed by atoms with Crippen LogP contribution in [0.15, 0.2) is 58.7 Å². The molecule has 1 saturated heterocycles. The molecule has 1 aliphatic heterocycles. The second kappa shape index (κ2) is 8.86. The number of rotatable bonds is 6. The zero-order chi connectivity index (χ0) is 19.2. The molecule has 2 aromatic rings. The zero-order valence-electron chi connectivity index (χ0n) is 15.8. The molecule has 0 bridgehead atoms. The monoisotopic (exact) mass is 381 g/mol. The lowest BCUT2D eigenvalue weighted by atomic mass is 10.1. The van der Waals surface area contributed by atoms with Gasteiger partial charge in [-0.1, -0.05) is 43.0 Å². The van der Waals surface area contributed by atoms with Crippen LogP contribution in [0, 0.1) is 6.92 Å². The zero-order valence-corrected chi connectivity index (χ0v) is 16.6. The number of benzene rings is 2. The summed E-state index contributed by atoms with van der Waals surface area (Å²) in [6.07, 6.45) is 2.46. The van der Waals surface area contributed by atoms with E-state index in [2.05, 4.69) is 23.2 Å². The quantitative estimate of drug-likeness (QED) is 0.555. The Balaban J connectivity index is 1.79. The van der Waals surface area contributed by atoms with Crippen molar-refractivity contribution in [2.45, 2.75) is 32.1 Å². The number of aryl methyl sites for hydroxylation is 1. The average molecular weight is 382 g/mol. The molecule has 0 spiro atoms. The van der Waals surface area contributed by atoms with E-state index in [0.717, 1.165) is 28.9 Å². The number of ether oxygens (including phenoxy) is 1. The third-order valence-electron chi connectivity index (χ3n) is 4.45. The molecule has 6 heteroatoms. The highest BCUT2D eigenvalue weighted by atomic mass is 32.2. The third kappa shape index (κ3) is 4.57. The summed E-state index contributed by atoms with van der Waals surface area (Å²) in [5.74, 6) is 0.898. The fourth-order valence-corrected chi connectivity index (χ4v) is 3.81. The van der Waals surface area contributed by atoms with Crippen LogP contribution in [0.1, 0.15) is 30.0 Å². The Morgan fingerprint density at radius 1 is 1.19 bits per heavy atom. The second-order valence-electron chi connectivity index (χ2n) is 6.27. The third-order valence-corrected chi connectivity index (χ3v) is 5.78. The maximum atomic E-state index is 12.7. The minimum atomic E-state index is -0.0936. The first-order chi connectivity index (χ1) is 13.1. The van der Waals surface area contributed by atoms with E-state index in [-0.39, 0.29) is 11.2 Å². The van der Waals surface area contributed by atoms with Crippen molar-refractivity contribution in [3.8, 4) is 5.75 Å². The predicted molar refractivity (Wildman–Crippen MR) is 111 cm³/mol. The molecule has 1 unspecified atom stereocenters. The number of hydrogen-bond acceptors (Lipinski definition) is 5. The van der Waals surface area contributed by atoms with E-state index in [9.17, 15) is 4.79 Å². The molecule has 0 saturated carbocycles. The molecule has 1 heterocycles. The molecular weight excluding hydrogens is 358 g/mol. The predicted octanol–water partition coefficient (Wildman–Crippen LogP) is 4.25. The lowest BCUT2D eigenvalue weighted by Gasteiger charge is -2.17. The summed E-state index contributed by atoms with van der Waals surface area (Å²) in [6.45, 7) is 4.59. The van der Waals surface area contributed by atoms with Crippen LogP contribution >= 0.6 is 11.8 Å². The second-order valence-corrected chi connectivity index (χ2v) is 7.44. The largest absolute Gasteiger partial charge is 0.497 e. The molecular formula is C21H23N3O2S. The number of carbonyl (C=O) groups is 1. The number of amidine groups is 1. The molecule has 0 aromatic heterocycles. The Hall–Kier alpha value is -2.60. The Labute approximate surface area is 164 Å². The maximum absolute atomic E-state index is 12.7. The van der Waals surface area contributed by atoms with Crippen LogP contribution in [0.25, 0.3) is 0 Å². The van der Waals surface area contributed by atoms with Crippen LogP contribution in [0.4, 0.5) is 0 Å². The van der Waals surface area contributed by atoms with Crippen LogP contribution in [-0.4, -0.2) is 34.5 Å². The van der Waals surface area contributed by atoms with E-state index in [0.29, 0.717) is 11.7 Å². The van der Waals surface area contributed by atoms with Crippen molar-refractivity contribution in [1.29, 1.82) is 0 Å². The first-order valence-corrected chi connectivity index (χ1v) is 9.78. The summed E-state index contributed by atoms with van der Waals surface area (Å²) in [7, 11) is 1.64. The van der Waals surface area contributed by atoms with Crippen molar-refractivity contribution in [3.63, 3.8) is 0 Å². The molecule has 2 aromatic carbocycles. The summed E-state index contributed by atoms with van der Waals surface area (Å²) in [5, 5.41) is 9.10. The van der Waals surface area contributed by atoms with E-state index < -0.39 is 0 Å². The lowest BCUT2D eigenvalue weighted by molar-refractivity contribution is -0.126. The fourth-order valence-electron chi connectivity index (χ4n) is 2.78. The Kier molecular flexibility index (Phi) is 6.29. The van der Waals surface area contributed by atoms with E-state index in [1.807, 2.05) is 49.4 Å². The van der Waals surface area contributed by atoms with Crippen LogP contribution in [0.5, 0.6) is 5.75 Å². The summed E-state index contributed by atoms with van der Waals surface area (Å²) < 4.78 is 5.15. The van der Waals surface area contributed by atoms with Gasteiger partial charge in [-0.15, -0.1) is 5.10 Å². The van der Waals surface area contributed by atoms with Crippen LogP contribution in [-0.2, 0) is 11.3 Å². The highest BCUT2D eigenvalue weighted by molar-refractivity contribution is 8.15. The molecule has 1 aliphatic rings. The number of amides is 1. The Bertz CT molecular complexity index is 862. The number of hydrogen-bond donors (Lipinski definition) is 0. The summed E-state index contributed by atoms with van der Waals surface area (Å²) in [6, 6.07) is 15.7. The normalized spacial score (nSPS) is 18.6. The van der Waals surface area contributed by atoms with Gasteiger partial charge in [-0.3, -0.25) is 9.69 Å². The summed E-state index contributed by atoms with van der Waals surface area (Å²) >= 11 is 1.49. The SMILES string of the molecule is CCC1SC(=NN=Cc2ccc(OC)cc2)N(Cc2ccccc2C)C1=O. The van der Waals surface area contributed by atoms with Gasteiger partial charge in [0.15, 0.2) is 5.17 Å². The summed E-state index contributed by atoms with van der Waals surface area (Å²) in [5.41, 5.74) is 3.21. The number of carbonyl (C=O) groups excluding carboxylic acids is 1. The van der Waals surface area contributed by atoms with Gasteiger partial charge in [0.2, 0.25) is 5.91 Å². The number of nitrogens with zero attached hydrogens (tertiary/aromatic N) is 3. The molecule has 0 radical (unpaired) electrons. The molecule has 140 valence electrons. The minimum absolute atomic E-state index is 0.0936. The van der Waals surface area contributed by atoms with Gasteiger partial charge < -0.3 is 4.74 Å². The Morgan fingerprint density at radius 3 is 2.59 bits per heavy atom. The first kappa shape index (κ1) is 19.2. The molecule has 1 fully saturated rings. The fraction of sp³-hybridized carbons (Fsp3) is 0.286. The minimum Gasteiger partial charge on any atom is -0.497 e. The van der Waals surface area contributed by atoms with Gasteiger partial charge in [-0.2, -0.15) is 5.10 Å². The molecule has 27 heavy (non-hydrogen) atoms. The molecule has 1 atom stereocenters. The van der Waals surface area contributed by atoms with Gasteiger partial charge in [0.05, 0.1) is 25.1 Å². The van der Waals surface area contributed by atoms with Gasteiger partial charge >= 0.3 is 0 Å². The Morgan fingerprint density at radius 2 is 1.93 bits per heavy atom. The van der Waals surface area contributed by atoms with Crippen LogP contribution in [0.2, 0.25) is 0 Å². The standard InChI is InChI=1S/C21H23N3O2S/c1-4-19-20(25)24(14-17-8-6-5-7-15(17)2)21(27-19)23-22-13-16-9-11-18(26-3)12-10-16/h5-13,19H,4,14H2,1-3H3. The van der Waals surface area contributed by atoms with Crippen molar-refractivity contribution in [3.05, 3.63) is 65.2 Å². The van der Waals surface area contributed by atoms with Gasteiger partial charge in [-0.05, 0) is 54.3 Å². The molecule has 0 aliphatic carbocycles. The molecule has 1 amide bonds. The van der Waals surface area contributed by atoms with Gasteiger partial charge in [0, 0.05) is 0 Å². The first-order valence-electron chi connectivity index (χ1n) is 8.90. The van der Waals surface area contributed by atoms with Gasteiger partial charge in [0.25, 0.3) is 0 Å². The smallest absolute Gasteiger partial charge is 0.242 e. The van der Waals surface area contributed by atoms with E-state index in [1.54, 1.807) is 18.2 Å². The average Bonchev–Trinajstić information content (AvgIpc) is 2.99. The van der Waals surface area contributed by atoms with Crippen molar-refractivity contribution in [1.82, 2.24) is 4.90 Å². The highest BCUT2D eigenvalue weighted by Gasteiger charge is 2.37. The molecule has 5 nitrogen and oxygen atoms in total. The van der Waals surface area contributed by atoms with Crippen molar-refractivity contribution < 1.29 is 9.53 Å². The van der Waals surface area contributed by atoms with Crippen molar-refractivity contribution >= 4 is 29.1 Å². The van der Waals surface area contributed by atoms with Gasteiger partial charge in [-0.25, -0.2) is 0 Å². The van der Waals surface area contributed by atoms with Gasteiger partial charge in [0.1, 0.15) is 5.75 Å². The van der Waals surface area contributed by atoms with Crippen LogP contribution in [0.3, 0.4) is 0 Å².